The number of H-pyrrole nitrogens is 1. The van der Waals surface area contributed by atoms with Crippen molar-refractivity contribution in [2.45, 2.75) is 13.5 Å². The first kappa shape index (κ1) is 16.8. The third-order valence-corrected chi connectivity index (χ3v) is 4.40. The smallest absolute Gasteiger partial charge is 0.274 e. The molecule has 0 saturated carbocycles. The van der Waals surface area contributed by atoms with Gasteiger partial charge in [0.1, 0.15) is 19.6 Å². The van der Waals surface area contributed by atoms with Gasteiger partial charge in [0.25, 0.3) is 5.82 Å². The maximum absolute atomic E-state index is 5.98. The minimum absolute atomic E-state index is 0.783. The summed E-state index contributed by atoms with van der Waals surface area (Å²) in [5, 5.41) is 0.783. The number of benzene rings is 1. The van der Waals surface area contributed by atoms with E-state index in [1.54, 1.807) is 0 Å². The van der Waals surface area contributed by atoms with Gasteiger partial charge in [0.05, 0.1) is 26.8 Å². The molecule has 1 heterocycles. The van der Waals surface area contributed by atoms with Gasteiger partial charge in [0, 0.05) is 11.1 Å². The van der Waals surface area contributed by atoms with Crippen LogP contribution in [0.25, 0.3) is 0 Å². The summed E-state index contributed by atoms with van der Waals surface area (Å²) in [6, 6.07) is 14.3. The summed E-state index contributed by atoms with van der Waals surface area (Å²) in [5.74, 6) is 1.15. The fourth-order valence-corrected chi connectivity index (χ4v) is 2.35. The van der Waals surface area contributed by atoms with Crippen LogP contribution in [-0.4, -0.2) is 38.2 Å². The number of likely N-dealkylation sites (N-methyl/N-ethyl adjacent to an activating group) is 1. The number of rotatable bonds is 7. The third-order valence-electron chi connectivity index (χ3n) is 4.15. The molecule has 0 radical (unpaired) electrons. The molecular weight excluding hydrogens is 294 g/mol. The minimum atomic E-state index is 0.783. The van der Waals surface area contributed by atoms with Crippen LogP contribution in [0.2, 0.25) is 5.02 Å². The van der Waals surface area contributed by atoms with E-state index in [9.17, 15) is 0 Å². The first-order chi connectivity index (χ1) is 10.5. The lowest BCUT2D eigenvalue weighted by Crippen LogP contribution is -2.45. The first-order valence-corrected chi connectivity index (χ1v) is 8.16. The number of hydrogen-bond donors (Lipinski definition) is 0. The normalized spacial score (nSPS) is 11.5. The molecular formula is C18H26ClN3+2. The monoisotopic (exact) mass is 319 g/mol. The van der Waals surface area contributed by atoms with Gasteiger partial charge in [-0.05, 0) is 30.7 Å². The summed E-state index contributed by atoms with van der Waals surface area (Å²) in [7, 11) is 4.55. The molecule has 1 N–H and O–H groups in total. The Balaban J connectivity index is 2.13. The van der Waals surface area contributed by atoms with Crippen LogP contribution in [0.3, 0.4) is 0 Å². The van der Waals surface area contributed by atoms with Gasteiger partial charge >= 0.3 is 0 Å². The number of aromatic nitrogens is 1. The number of pyridine rings is 1. The number of nitrogens with zero attached hydrogens (tertiary/aromatic N) is 2. The molecule has 2 rings (SSSR count). The molecule has 22 heavy (non-hydrogen) atoms. The molecule has 0 unspecified atom stereocenters. The second-order valence-electron chi connectivity index (χ2n) is 6.27. The predicted octanol–water partition coefficient (Wildman–Crippen LogP) is 3.26. The maximum atomic E-state index is 5.98. The van der Waals surface area contributed by atoms with Crippen molar-refractivity contribution < 1.29 is 9.47 Å². The summed E-state index contributed by atoms with van der Waals surface area (Å²) in [5.41, 5.74) is 1.27. The Kier molecular flexibility index (Phi) is 5.81. The van der Waals surface area contributed by atoms with E-state index in [1.165, 1.54) is 5.56 Å². The third kappa shape index (κ3) is 5.00. The molecule has 118 valence electrons. The van der Waals surface area contributed by atoms with E-state index < -0.39 is 0 Å². The molecule has 0 fully saturated rings. The highest BCUT2D eigenvalue weighted by atomic mass is 35.5. The van der Waals surface area contributed by atoms with Gasteiger partial charge in [-0.2, -0.15) is 0 Å². The Hall–Kier alpha value is -1.58. The zero-order chi connectivity index (χ0) is 16.0. The van der Waals surface area contributed by atoms with Crippen LogP contribution in [0.4, 0.5) is 5.82 Å². The zero-order valence-corrected chi connectivity index (χ0v) is 14.5. The van der Waals surface area contributed by atoms with Crippen molar-refractivity contribution in [2.75, 3.05) is 38.6 Å². The Morgan fingerprint density at radius 2 is 1.82 bits per heavy atom. The molecule has 1 aromatic carbocycles. The van der Waals surface area contributed by atoms with Gasteiger partial charge in [-0.15, -0.1) is 0 Å². The predicted molar refractivity (Wildman–Crippen MR) is 93.0 cm³/mol. The maximum Gasteiger partial charge on any atom is 0.274 e. The lowest BCUT2D eigenvalue weighted by Gasteiger charge is -2.29. The van der Waals surface area contributed by atoms with Crippen molar-refractivity contribution >= 4 is 17.4 Å². The van der Waals surface area contributed by atoms with E-state index in [-0.39, 0.29) is 0 Å². The van der Waals surface area contributed by atoms with Gasteiger partial charge < -0.3 is 4.48 Å². The molecule has 0 aliphatic rings. The van der Waals surface area contributed by atoms with Crippen molar-refractivity contribution in [2.24, 2.45) is 0 Å². The SMILES string of the molecule is CC[N+](C)(C)CCN(Cc1ccc(Cl)cc1)c1cccc[nH+]1. The molecule has 1 aromatic heterocycles. The molecule has 0 aliphatic heterocycles. The fourth-order valence-electron chi connectivity index (χ4n) is 2.22. The lowest BCUT2D eigenvalue weighted by atomic mass is 10.2. The van der Waals surface area contributed by atoms with E-state index >= 15 is 0 Å². The molecule has 0 aliphatic carbocycles. The van der Waals surface area contributed by atoms with E-state index in [2.05, 4.69) is 55.2 Å². The molecule has 3 nitrogen and oxygen atoms in total. The molecule has 0 saturated heterocycles. The fraction of sp³-hybridized carbons (Fsp3) is 0.389. The first-order valence-electron chi connectivity index (χ1n) is 7.78. The van der Waals surface area contributed by atoms with Gasteiger partial charge in [0.2, 0.25) is 0 Å². The highest BCUT2D eigenvalue weighted by Crippen LogP contribution is 2.15. The highest BCUT2D eigenvalue weighted by Gasteiger charge is 2.21. The van der Waals surface area contributed by atoms with Crippen molar-refractivity contribution in [3.8, 4) is 0 Å². The number of quaternary nitrogens is 1. The Labute approximate surface area is 138 Å². The number of aromatic amines is 1. The largest absolute Gasteiger partial charge is 0.325 e. The summed E-state index contributed by atoms with van der Waals surface area (Å²) < 4.78 is 1.02. The van der Waals surface area contributed by atoms with E-state index in [0.29, 0.717) is 0 Å². The van der Waals surface area contributed by atoms with Gasteiger partial charge in [-0.1, -0.05) is 29.8 Å². The van der Waals surface area contributed by atoms with Crippen LogP contribution in [-0.2, 0) is 6.54 Å². The molecule has 4 heteroatoms. The lowest BCUT2D eigenvalue weighted by molar-refractivity contribution is -0.887. The Bertz CT molecular complexity index is 567. The number of hydrogen-bond acceptors (Lipinski definition) is 1. The topological polar surface area (TPSA) is 17.4 Å². The quantitative estimate of drug-likeness (QED) is 0.716. The number of halogens is 1. The van der Waals surface area contributed by atoms with Crippen LogP contribution >= 0.6 is 11.6 Å². The van der Waals surface area contributed by atoms with E-state index in [4.69, 9.17) is 11.6 Å². The van der Waals surface area contributed by atoms with Crippen LogP contribution in [0.15, 0.2) is 48.7 Å². The van der Waals surface area contributed by atoms with Crippen LogP contribution in [0.1, 0.15) is 12.5 Å². The van der Waals surface area contributed by atoms with Gasteiger partial charge in [0.15, 0.2) is 0 Å². The molecule has 0 atom stereocenters. The molecule has 2 aromatic rings. The highest BCUT2D eigenvalue weighted by molar-refractivity contribution is 6.30. The van der Waals surface area contributed by atoms with Crippen LogP contribution < -0.4 is 9.88 Å². The Morgan fingerprint density at radius 3 is 2.41 bits per heavy atom. The van der Waals surface area contributed by atoms with Gasteiger partial charge in [-0.25, -0.2) is 4.98 Å². The van der Waals surface area contributed by atoms with Crippen molar-refractivity contribution in [1.82, 2.24) is 0 Å². The van der Waals surface area contributed by atoms with E-state index in [0.717, 1.165) is 41.5 Å². The van der Waals surface area contributed by atoms with Crippen molar-refractivity contribution in [3.05, 3.63) is 59.2 Å². The second-order valence-corrected chi connectivity index (χ2v) is 6.71. The molecule has 0 bridgehead atoms. The number of anilines is 1. The summed E-state index contributed by atoms with van der Waals surface area (Å²) in [4.78, 5) is 5.74. The average Bonchev–Trinajstić information content (AvgIpc) is 2.54. The van der Waals surface area contributed by atoms with E-state index in [1.807, 2.05) is 24.4 Å². The van der Waals surface area contributed by atoms with Crippen LogP contribution in [0, 0.1) is 0 Å². The summed E-state index contributed by atoms with van der Waals surface area (Å²) >= 11 is 5.98. The summed E-state index contributed by atoms with van der Waals surface area (Å²) in [6.45, 7) is 6.35. The van der Waals surface area contributed by atoms with Crippen LogP contribution in [0.5, 0.6) is 0 Å². The zero-order valence-electron chi connectivity index (χ0n) is 13.7. The van der Waals surface area contributed by atoms with Crippen molar-refractivity contribution in [3.63, 3.8) is 0 Å². The van der Waals surface area contributed by atoms with Crippen molar-refractivity contribution in [1.29, 1.82) is 0 Å². The summed E-state index contributed by atoms with van der Waals surface area (Å²) in [6.07, 6.45) is 1.98. The molecule has 0 spiro atoms. The standard InChI is InChI=1S/C18H25ClN3/c1-4-22(2,3)14-13-21(18-7-5-6-12-20-18)15-16-8-10-17(19)11-9-16/h5-12H,4,13-15H2,1-3H3/q+1/p+1. The second kappa shape index (κ2) is 7.61. The Morgan fingerprint density at radius 1 is 1.09 bits per heavy atom. The number of nitrogens with one attached hydrogen (secondary N) is 1. The van der Waals surface area contributed by atoms with Gasteiger partial charge in [-0.3, -0.25) is 4.90 Å². The average molecular weight is 320 g/mol. The molecule has 0 amide bonds. The minimum Gasteiger partial charge on any atom is -0.325 e.